The summed E-state index contributed by atoms with van der Waals surface area (Å²) in [7, 11) is -2.73. The zero-order chi connectivity index (χ0) is 19.8. The number of aromatic nitrogens is 2. The summed E-state index contributed by atoms with van der Waals surface area (Å²) >= 11 is 6.37. The maximum Gasteiger partial charge on any atom is 0.229 e. The smallest absolute Gasteiger partial charge is 0.229 e. The fraction of sp³-hybridized carbons (Fsp3) is 0.444. The highest BCUT2D eigenvalue weighted by Gasteiger charge is 2.33. The first-order chi connectivity index (χ1) is 12.5. The molecule has 146 valence electrons. The second-order valence-electron chi connectivity index (χ2n) is 7.41. The van der Waals surface area contributed by atoms with Crippen molar-refractivity contribution in [2.45, 2.75) is 37.3 Å². The molecular weight excluding hydrogens is 386 g/mol. The normalized spacial score (nSPS) is 21.5. The molecule has 0 amide bonds. The second-order valence-corrected chi connectivity index (χ2v) is 9.97. The molecule has 2 heterocycles. The van der Waals surface area contributed by atoms with Crippen molar-refractivity contribution in [1.82, 2.24) is 9.97 Å². The third kappa shape index (κ3) is 4.69. The van der Waals surface area contributed by atoms with Crippen LogP contribution in [0, 0.1) is 4.78 Å². The highest BCUT2D eigenvalue weighted by molar-refractivity contribution is 7.91. The first-order valence-electron chi connectivity index (χ1n) is 8.59. The van der Waals surface area contributed by atoms with Crippen LogP contribution in [0.3, 0.4) is 0 Å². The minimum Gasteiger partial charge on any atom is -0.372 e. The van der Waals surface area contributed by atoms with Crippen molar-refractivity contribution >= 4 is 38.8 Å². The fourth-order valence-corrected chi connectivity index (χ4v) is 3.73. The van der Waals surface area contributed by atoms with Crippen molar-refractivity contribution in [2.24, 2.45) is 0 Å². The van der Waals surface area contributed by atoms with Crippen LogP contribution in [0.5, 0.6) is 0 Å². The van der Waals surface area contributed by atoms with Crippen molar-refractivity contribution < 1.29 is 8.95 Å². The number of morpholine rings is 1. The molecule has 2 atom stereocenters. The highest BCUT2D eigenvalue weighted by atomic mass is 35.5. The minimum absolute atomic E-state index is 0.146. The second kappa shape index (κ2) is 7.26. The number of halogens is 1. The van der Waals surface area contributed by atoms with Gasteiger partial charge in [0.05, 0.1) is 34.2 Å². The van der Waals surface area contributed by atoms with E-state index in [0.29, 0.717) is 34.8 Å². The highest BCUT2D eigenvalue weighted by Crippen LogP contribution is 2.31. The lowest BCUT2D eigenvalue weighted by atomic mass is 10.1. The molecule has 0 saturated carbocycles. The molecular formula is C18H24ClN5O2S. The van der Waals surface area contributed by atoms with Crippen molar-refractivity contribution in [3.8, 4) is 0 Å². The molecule has 1 saturated heterocycles. The van der Waals surface area contributed by atoms with Crippen LogP contribution in [-0.2, 0) is 14.5 Å². The van der Waals surface area contributed by atoms with E-state index in [1.165, 1.54) is 6.26 Å². The summed E-state index contributed by atoms with van der Waals surface area (Å²) in [5.74, 6) is 1.08. The van der Waals surface area contributed by atoms with Crippen molar-refractivity contribution in [2.75, 3.05) is 29.6 Å². The molecule has 0 spiro atoms. The third-order valence-electron chi connectivity index (χ3n) is 4.36. The molecule has 7 nitrogen and oxygen atoms in total. The molecule has 1 aromatic carbocycles. The summed E-state index contributed by atoms with van der Waals surface area (Å²) in [4.78, 5) is 11.5. The van der Waals surface area contributed by atoms with Crippen LogP contribution in [0.2, 0.25) is 5.02 Å². The van der Waals surface area contributed by atoms with Gasteiger partial charge >= 0.3 is 0 Å². The lowest BCUT2D eigenvalue weighted by molar-refractivity contribution is -0.0423. The Hall–Kier alpha value is -1.90. The van der Waals surface area contributed by atoms with E-state index >= 15 is 0 Å². The first kappa shape index (κ1) is 19.9. The number of nitrogens with zero attached hydrogens (tertiary/aromatic N) is 3. The Balaban J connectivity index is 1.85. The van der Waals surface area contributed by atoms with Gasteiger partial charge in [-0.2, -0.15) is 4.98 Å². The Labute approximate surface area is 165 Å². The van der Waals surface area contributed by atoms with Crippen molar-refractivity contribution in [3.63, 3.8) is 0 Å². The molecule has 0 radical (unpaired) electrons. The summed E-state index contributed by atoms with van der Waals surface area (Å²) in [5, 5.41) is 3.62. The number of ether oxygens (including phenoxy) is 1. The lowest BCUT2D eigenvalue weighted by Gasteiger charge is -2.43. The van der Waals surface area contributed by atoms with Gasteiger partial charge in [0.1, 0.15) is 5.02 Å². The van der Waals surface area contributed by atoms with E-state index < -0.39 is 9.73 Å². The third-order valence-corrected chi connectivity index (χ3v) is 5.79. The van der Waals surface area contributed by atoms with E-state index in [-0.39, 0.29) is 11.6 Å². The van der Waals surface area contributed by atoms with Gasteiger partial charge in [0, 0.05) is 23.4 Å². The predicted molar refractivity (Wildman–Crippen MR) is 109 cm³/mol. The monoisotopic (exact) mass is 409 g/mol. The number of benzene rings is 1. The molecule has 1 fully saturated rings. The van der Waals surface area contributed by atoms with Gasteiger partial charge in [-0.15, -0.1) is 0 Å². The number of hydrogen-bond acceptors (Lipinski definition) is 7. The van der Waals surface area contributed by atoms with Crippen LogP contribution in [0.25, 0.3) is 0 Å². The molecule has 0 unspecified atom stereocenters. The summed E-state index contributed by atoms with van der Waals surface area (Å²) in [6.45, 7) is 7.43. The predicted octanol–water partition coefficient (Wildman–Crippen LogP) is 3.91. The zero-order valence-electron chi connectivity index (χ0n) is 15.8. The van der Waals surface area contributed by atoms with E-state index in [1.54, 1.807) is 30.5 Å². The molecule has 2 aromatic rings. The van der Waals surface area contributed by atoms with Crippen LogP contribution < -0.4 is 10.2 Å². The minimum atomic E-state index is -2.73. The Bertz CT molecular complexity index is 931. The molecule has 3 rings (SSSR count). The van der Waals surface area contributed by atoms with E-state index in [2.05, 4.69) is 27.1 Å². The molecule has 9 heteroatoms. The van der Waals surface area contributed by atoms with Crippen LogP contribution in [0.15, 0.2) is 35.4 Å². The van der Waals surface area contributed by atoms with E-state index in [1.807, 2.05) is 13.8 Å². The average Bonchev–Trinajstić information content (AvgIpc) is 2.59. The standard InChI is InChI=1S/C18H24ClN5O2S/c1-12-10-26-18(2,3)11-24(12)16-15(19)9-21-17(23-16)22-13-5-7-14(8-6-13)27(4,20)25/h5-9,12,20H,10-11H2,1-4H3,(H,21,22,23)/t12-,27-/m0/s1. The summed E-state index contributed by atoms with van der Waals surface area (Å²) < 4.78 is 25.3. The Morgan fingerprint density at radius 1 is 1.37 bits per heavy atom. The fourth-order valence-electron chi connectivity index (χ4n) is 2.88. The number of hydrogen-bond donors (Lipinski definition) is 2. The van der Waals surface area contributed by atoms with Crippen LogP contribution in [0.1, 0.15) is 20.8 Å². The van der Waals surface area contributed by atoms with Crippen LogP contribution in [0.4, 0.5) is 17.5 Å². The van der Waals surface area contributed by atoms with E-state index in [4.69, 9.17) is 21.1 Å². The topological polar surface area (TPSA) is 91.2 Å². The maximum absolute atomic E-state index is 11.8. The summed E-state index contributed by atoms with van der Waals surface area (Å²) in [6, 6.07) is 6.99. The molecule has 0 aliphatic carbocycles. The Morgan fingerprint density at radius 3 is 2.67 bits per heavy atom. The van der Waals surface area contributed by atoms with Crippen LogP contribution in [-0.4, -0.2) is 45.2 Å². The zero-order valence-corrected chi connectivity index (χ0v) is 17.4. The number of nitrogens with one attached hydrogen (secondary N) is 2. The van der Waals surface area contributed by atoms with E-state index in [9.17, 15) is 4.21 Å². The summed E-state index contributed by atoms with van der Waals surface area (Å²) in [6.07, 6.45) is 2.98. The van der Waals surface area contributed by atoms with Gasteiger partial charge in [0.25, 0.3) is 0 Å². The van der Waals surface area contributed by atoms with Gasteiger partial charge in [0.2, 0.25) is 5.95 Å². The van der Waals surface area contributed by atoms with Gasteiger partial charge in [0.15, 0.2) is 5.82 Å². The largest absolute Gasteiger partial charge is 0.372 e. The SMILES string of the molecule is C[C@H]1COC(C)(C)CN1c1nc(Nc2ccc([S@@](C)(=N)=O)cc2)ncc1Cl. The number of anilines is 3. The number of rotatable bonds is 4. The summed E-state index contributed by atoms with van der Waals surface area (Å²) in [5.41, 5.74) is 0.458. The molecule has 2 N–H and O–H groups in total. The average molecular weight is 410 g/mol. The quantitative estimate of drug-likeness (QED) is 0.795. The van der Waals surface area contributed by atoms with Gasteiger partial charge in [-0.3, -0.25) is 0 Å². The first-order valence-corrected chi connectivity index (χ1v) is 10.9. The molecule has 1 aliphatic rings. The molecule has 1 aromatic heterocycles. The van der Waals surface area contributed by atoms with Crippen molar-refractivity contribution in [1.29, 1.82) is 4.78 Å². The van der Waals surface area contributed by atoms with Gasteiger partial charge < -0.3 is 15.0 Å². The molecule has 1 aliphatic heterocycles. The molecule has 0 bridgehead atoms. The lowest BCUT2D eigenvalue weighted by Crippen LogP contribution is -2.53. The molecule has 27 heavy (non-hydrogen) atoms. The Kier molecular flexibility index (Phi) is 5.33. The Morgan fingerprint density at radius 2 is 2.04 bits per heavy atom. The maximum atomic E-state index is 11.8. The van der Waals surface area contributed by atoms with E-state index in [0.717, 1.165) is 5.69 Å². The van der Waals surface area contributed by atoms with Gasteiger partial charge in [-0.1, -0.05) is 11.6 Å². The van der Waals surface area contributed by atoms with Crippen molar-refractivity contribution in [3.05, 3.63) is 35.5 Å². The van der Waals surface area contributed by atoms with Gasteiger partial charge in [-0.05, 0) is 45.0 Å². The van der Waals surface area contributed by atoms with Gasteiger partial charge in [-0.25, -0.2) is 14.0 Å². The van der Waals surface area contributed by atoms with Crippen LogP contribution >= 0.6 is 11.6 Å².